The molecule has 1 saturated heterocycles. The number of hydrogen-bond donors (Lipinski definition) is 2. The molecule has 8 heteroatoms. The van der Waals surface area contributed by atoms with Crippen LogP contribution < -0.4 is 9.64 Å². The number of hydrogen-bond acceptors (Lipinski definition) is 6. The number of para-hydroxylation sites is 1. The van der Waals surface area contributed by atoms with Crippen molar-refractivity contribution >= 4 is 27.7 Å². The van der Waals surface area contributed by atoms with Crippen LogP contribution >= 0.6 is 0 Å². The van der Waals surface area contributed by atoms with Gasteiger partial charge in [0.25, 0.3) is 0 Å². The number of phenols is 1. The number of rotatable bonds is 7. The second kappa shape index (κ2) is 10.3. The molecule has 0 spiro atoms. The van der Waals surface area contributed by atoms with Crippen LogP contribution in [0.5, 0.6) is 11.5 Å². The summed E-state index contributed by atoms with van der Waals surface area (Å²) in [4.78, 5) is 9.19. The number of piperidine rings is 1. The van der Waals surface area contributed by atoms with E-state index in [-0.39, 0.29) is 11.5 Å². The van der Waals surface area contributed by atoms with Gasteiger partial charge in [-0.15, -0.1) is 0 Å². The van der Waals surface area contributed by atoms with Crippen LogP contribution in [0.15, 0.2) is 42.6 Å². The van der Waals surface area contributed by atoms with Gasteiger partial charge in [-0.25, -0.2) is 4.21 Å². The number of fused-ring (bicyclic) bond motifs is 1. The molecular weight excluding hydrogens is 450 g/mol. The maximum atomic E-state index is 11.8. The topological polar surface area (TPSA) is 86.1 Å². The third-order valence-corrected chi connectivity index (χ3v) is 7.63. The molecule has 2 unspecified atom stereocenters. The number of benzene rings is 2. The summed E-state index contributed by atoms with van der Waals surface area (Å²) in [5.41, 5.74) is 4.05. The van der Waals surface area contributed by atoms with E-state index in [2.05, 4.69) is 35.8 Å². The highest BCUT2D eigenvalue weighted by atomic mass is 32.2. The summed E-state index contributed by atoms with van der Waals surface area (Å²) in [5.74, 6) is 1.14. The fraction of sp³-hybridized carbons (Fsp3) is 0.423. The third kappa shape index (κ3) is 4.89. The normalized spacial score (nSPS) is 16.7. The number of pyridine rings is 1. The van der Waals surface area contributed by atoms with E-state index in [1.807, 2.05) is 30.3 Å². The highest BCUT2D eigenvalue weighted by Crippen LogP contribution is 2.40. The highest BCUT2D eigenvalue weighted by molar-refractivity contribution is 7.78. The molecule has 2 N–H and O–H groups in total. The van der Waals surface area contributed by atoms with E-state index < -0.39 is 11.1 Å². The minimum Gasteiger partial charge on any atom is -0.504 e. The molecule has 3 aromatic rings. The van der Waals surface area contributed by atoms with Gasteiger partial charge in [0.2, 0.25) is 0 Å². The van der Waals surface area contributed by atoms with Crippen LogP contribution in [0.2, 0.25) is 0 Å². The monoisotopic (exact) mass is 483 g/mol. The molecule has 0 bridgehead atoms. The van der Waals surface area contributed by atoms with Gasteiger partial charge in [0.05, 0.1) is 24.1 Å². The number of ether oxygens (including phenoxy) is 1. The first-order chi connectivity index (χ1) is 16.3. The van der Waals surface area contributed by atoms with Gasteiger partial charge in [-0.1, -0.05) is 18.2 Å². The Hall–Kier alpha value is -2.68. The lowest BCUT2D eigenvalue weighted by molar-refractivity contribution is 0.199. The lowest BCUT2D eigenvalue weighted by Crippen LogP contribution is -2.42. The van der Waals surface area contributed by atoms with Crippen LogP contribution in [0.3, 0.4) is 0 Å². The maximum Gasteiger partial charge on any atom is 0.165 e. The maximum absolute atomic E-state index is 11.8. The van der Waals surface area contributed by atoms with Gasteiger partial charge in [-0.2, -0.15) is 0 Å². The molecule has 1 aliphatic rings. The zero-order chi connectivity index (χ0) is 24.4. The molecular formula is C26H33N3O4S. The Morgan fingerprint density at radius 1 is 1.24 bits per heavy atom. The number of methoxy groups -OCH3 is 1. The Kier molecular flexibility index (Phi) is 7.40. The van der Waals surface area contributed by atoms with Crippen LogP contribution in [0, 0.1) is 5.92 Å². The van der Waals surface area contributed by atoms with E-state index in [0.29, 0.717) is 23.3 Å². The first-order valence-electron chi connectivity index (χ1n) is 11.6. The summed E-state index contributed by atoms with van der Waals surface area (Å²) in [6.07, 6.45) is 3.84. The summed E-state index contributed by atoms with van der Waals surface area (Å²) in [5, 5.41) is 11.6. The smallest absolute Gasteiger partial charge is 0.165 e. The summed E-state index contributed by atoms with van der Waals surface area (Å²) in [6, 6.07) is 11.8. The minimum atomic E-state index is -1.97. The third-order valence-electron chi connectivity index (χ3n) is 7.08. The first kappa shape index (κ1) is 24.4. The Morgan fingerprint density at radius 3 is 2.62 bits per heavy atom. The Labute approximate surface area is 203 Å². The van der Waals surface area contributed by atoms with E-state index in [1.54, 1.807) is 12.3 Å². The van der Waals surface area contributed by atoms with E-state index in [4.69, 9.17) is 4.74 Å². The van der Waals surface area contributed by atoms with Gasteiger partial charge in [-0.05, 0) is 63.5 Å². The van der Waals surface area contributed by atoms with Crippen molar-refractivity contribution < 1.29 is 18.6 Å². The molecule has 7 nitrogen and oxygen atoms in total. The fourth-order valence-electron chi connectivity index (χ4n) is 4.95. The van der Waals surface area contributed by atoms with E-state index in [9.17, 15) is 13.9 Å². The van der Waals surface area contributed by atoms with Crippen molar-refractivity contribution in [2.45, 2.75) is 31.6 Å². The average molecular weight is 484 g/mol. The molecule has 1 aromatic heterocycles. The van der Waals surface area contributed by atoms with Gasteiger partial charge in [0, 0.05) is 41.8 Å². The number of anilines is 1. The molecule has 2 atom stereocenters. The molecule has 0 amide bonds. The molecule has 182 valence electrons. The molecule has 4 rings (SSSR count). The Morgan fingerprint density at radius 2 is 1.97 bits per heavy atom. The van der Waals surface area contributed by atoms with Crippen molar-refractivity contribution in [2.24, 2.45) is 5.92 Å². The van der Waals surface area contributed by atoms with Crippen molar-refractivity contribution in [2.75, 3.05) is 39.2 Å². The van der Waals surface area contributed by atoms with Crippen LogP contribution in [0.4, 0.5) is 5.69 Å². The van der Waals surface area contributed by atoms with Crippen molar-refractivity contribution in [1.82, 2.24) is 9.88 Å². The molecule has 34 heavy (non-hydrogen) atoms. The quantitative estimate of drug-likeness (QED) is 0.479. The average Bonchev–Trinajstić information content (AvgIpc) is 2.83. The first-order valence-corrected chi connectivity index (χ1v) is 12.8. The van der Waals surface area contributed by atoms with Gasteiger partial charge in [0.15, 0.2) is 22.6 Å². The molecule has 2 aromatic carbocycles. The van der Waals surface area contributed by atoms with E-state index in [1.165, 1.54) is 7.11 Å². The van der Waals surface area contributed by atoms with Gasteiger partial charge in [-0.3, -0.25) is 4.98 Å². The van der Waals surface area contributed by atoms with Crippen molar-refractivity contribution in [3.63, 3.8) is 0 Å². The van der Waals surface area contributed by atoms with Gasteiger partial charge >= 0.3 is 0 Å². The molecule has 1 aliphatic heterocycles. The van der Waals surface area contributed by atoms with Gasteiger partial charge < -0.3 is 24.2 Å². The van der Waals surface area contributed by atoms with Crippen LogP contribution in [-0.4, -0.2) is 64.1 Å². The summed E-state index contributed by atoms with van der Waals surface area (Å²) < 4.78 is 26.7. The van der Waals surface area contributed by atoms with E-state index >= 15 is 0 Å². The number of phenolic OH excluding ortho intramolecular Hbond substituents is 1. The molecule has 1 fully saturated rings. The summed E-state index contributed by atoms with van der Waals surface area (Å²) >= 11 is -1.97. The number of aromatic hydroxyl groups is 1. The summed E-state index contributed by atoms with van der Waals surface area (Å²) in [7, 11) is 5.78. The zero-order valence-electron chi connectivity index (χ0n) is 20.2. The highest BCUT2D eigenvalue weighted by Gasteiger charge is 2.27. The van der Waals surface area contributed by atoms with Crippen LogP contribution in [-0.2, 0) is 16.8 Å². The second-order valence-corrected chi connectivity index (χ2v) is 10.1. The van der Waals surface area contributed by atoms with Crippen molar-refractivity contribution in [3.8, 4) is 22.6 Å². The standard InChI is InChI=1S/C26H33N3O4S/c1-17(28(2)3)18-10-12-29(13-11-18)25-20(16-34(31)32)15-27-23-9-8-19(14-22(23)25)21-6-5-7-24(33-4)26(21)30/h5-9,14-15,17-18,30H,10-13,16H2,1-4H3,(H,31,32). The molecule has 0 radical (unpaired) electrons. The largest absolute Gasteiger partial charge is 0.504 e. The number of aromatic nitrogens is 1. The van der Waals surface area contributed by atoms with Gasteiger partial charge in [0.1, 0.15) is 0 Å². The Balaban J connectivity index is 1.79. The minimum absolute atomic E-state index is 0.0287. The Bertz CT molecular complexity index is 1190. The predicted molar refractivity (Wildman–Crippen MR) is 138 cm³/mol. The van der Waals surface area contributed by atoms with Crippen LogP contribution in [0.25, 0.3) is 22.0 Å². The van der Waals surface area contributed by atoms with E-state index in [0.717, 1.165) is 53.6 Å². The molecule has 2 heterocycles. The second-order valence-electron chi connectivity index (χ2n) is 9.21. The lowest BCUT2D eigenvalue weighted by Gasteiger charge is -2.39. The lowest BCUT2D eigenvalue weighted by atomic mass is 9.89. The predicted octanol–water partition coefficient (Wildman–Crippen LogP) is 4.50. The summed E-state index contributed by atoms with van der Waals surface area (Å²) in [6.45, 7) is 4.03. The number of nitrogens with zero attached hydrogens (tertiary/aromatic N) is 3. The van der Waals surface area contributed by atoms with Crippen molar-refractivity contribution in [1.29, 1.82) is 0 Å². The molecule has 0 aliphatic carbocycles. The SMILES string of the molecule is COc1cccc(-c2ccc3ncc(CS(=O)O)c(N4CCC(C(C)N(C)C)CC4)c3c2)c1O. The molecule has 0 saturated carbocycles. The zero-order valence-corrected chi connectivity index (χ0v) is 21.0. The fourth-order valence-corrected chi connectivity index (χ4v) is 5.42. The van der Waals surface area contributed by atoms with Crippen LogP contribution in [0.1, 0.15) is 25.3 Å². The van der Waals surface area contributed by atoms with Crippen molar-refractivity contribution in [3.05, 3.63) is 48.2 Å².